The standard InChI is InChI=1S/C20H26O/c1-14(2)9-8-10-15(3)11-12-19-16(4)13-20(21-7)18(6)17(19)5/h8-13H,1H2,2-7H3/b9-8+,12-11+,15-10+. The molecule has 0 heterocycles. The molecule has 1 aromatic carbocycles. The molecule has 1 rings (SSSR count). The molecule has 0 N–H and O–H groups in total. The van der Waals surface area contributed by atoms with Crippen molar-refractivity contribution in [2.75, 3.05) is 7.11 Å². The monoisotopic (exact) mass is 282 g/mol. The van der Waals surface area contributed by atoms with Crippen LogP contribution in [0.1, 0.15) is 36.1 Å². The molecule has 112 valence electrons. The Morgan fingerprint density at radius 2 is 1.76 bits per heavy atom. The molecule has 0 aromatic heterocycles. The minimum Gasteiger partial charge on any atom is -0.496 e. The maximum absolute atomic E-state index is 5.41. The van der Waals surface area contributed by atoms with E-state index in [4.69, 9.17) is 4.74 Å². The molecule has 0 fully saturated rings. The third-order valence-corrected chi connectivity index (χ3v) is 3.58. The van der Waals surface area contributed by atoms with Crippen LogP contribution in [0.5, 0.6) is 5.75 Å². The van der Waals surface area contributed by atoms with E-state index in [1.807, 2.05) is 19.1 Å². The molecule has 0 aliphatic carbocycles. The van der Waals surface area contributed by atoms with Crippen molar-refractivity contribution >= 4 is 6.08 Å². The summed E-state index contributed by atoms with van der Waals surface area (Å²) in [5, 5.41) is 0. The van der Waals surface area contributed by atoms with E-state index in [0.717, 1.165) is 11.3 Å². The van der Waals surface area contributed by atoms with Crippen LogP contribution < -0.4 is 4.74 Å². The van der Waals surface area contributed by atoms with E-state index in [2.05, 4.69) is 58.6 Å². The zero-order valence-electron chi connectivity index (χ0n) is 14.1. The topological polar surface area (TPSA) is 9.23 Å². The van der Waals surface area contributed by atoms with Gasteiger partial charge in [0.1, 0.15) is 5.75 Å². The maximum Gasteiger partial charge on any atom is 0.122 e. The second-order valence-electron chi connectivity index (χ2n) is 5.51. The lowest BCUT2D eigenvalue weighted by molar-refractivity contribution is 0.411. The normalized spacial score (nSPS) is 12.4. The molecule has 0 bridgehead atoms. The molecule has 21 heavy (non-hydrogen) atoms. The van der Waals surface area contributed by atoms with Gasteiger partial charge in [0, 0.05) is 0 Å². The third-order valence-electron chi connectivity index (χ3n) is 3.58. The Morgan fingerprint density at radius 3 is 2.33 bits per heavy atom. The van der Waals surface area contributed by atoms with Gasteiger partial charge in [0.05, 0.1) is 7.11 Å². The second kappa shape index (κ2) is 7.68. The molecule has 0 saturated carbocycles. The third kappa shape index (κ3) is 4.78. The maximum atomic E-state index is 5.41. The Kier molecular flexibility index (Phi) is 6.23. The van der Waals surface area contributed by atoms with Gasteiger partial charge in [-0.25, -0.2) is 0 Å². The van der Waals surface area contributed by atoms with Gasteiger partial charge >= 0.3 is 0 Å². The predicted molar refractivity (Wildman–Crippen MR) is 94.0 cm³/mol. The van der Waals surface area contributed by atoms with Crippen LogP contribution in [-0.4, -0.2) is 7.11 Å². The van der Waals surface area contributed by atoms with Crippen molar-refractivity contribution < 1.29 is 4.74 Å². The fourth-order valence-corrected chi connectivity index (χ4v) is 2.17. The summed E-state index contributed by atoms with van der Waals surface area (Å²) < 4.78 is 5.41. The molecule has 0 aliphatic heterocycles. The van der Waals surface area contributed by atoms with E-state index in [-0.39, 0.29) is 0 Å². The lowest BCUT2D eigenvalue weighted by Crippen LogP contribution is -1.95. The number of benzene rings is 1. The van der Waals surface area contributed by atoms with Gasteiger partial charge in [-0.2, -0.15) is 0 Å². The zero-order chi connectivity index (χ0) is 16.0. The highest BCUT2D eigenvalue weighted by Gasteiger charge is 2.08. The van der Waals surface area contributed by atoms with Crippen molar-refractivity contribution in [2.45, 2.75) is 34.6 Å². The van der Waals surface area contributed by atoms with E-state index in [1.165, 1.54) is 27.8 Å². The highest BCUT2D eigenvalue weighted by Crippen LogP contribution is 2.28. The molecule has 1 nitrogen and oxygen atoms in total. The zero-order valence-corrected chi connectivity index (χ0v) is 14.1. The molecule has 1 heteroatoms. The number of allylic oxidation sites excluding steroid dienone is 6. The molecule has 0 spiro atoms. The molecule has 1 aromatic rings. The molecule has 0 aliphatic rings. The van der Waals surface area contributed by atoms with Gasteiger partial charge in [-0.05, 0) is 62.9 Å². The number of ether oxygens (including phenoxy) is 1. The second-order valence-corrected chi connectivity index (χ2v) is 5.51. The summed E-state index contributed by atoms with van der Waals surface area (Å²) in [7, 11) is 1.72. The smallest absolute Gasteiger partial charge is 0.122 e. The number of hydrogen-bond acceptors (Lipinski definition) is 1. The Morgan fingerprint density at radius 1 is 1.10 bits per heavy atom. The summed E-state index contributed by atoms with van der Waals surface area (Å²) in [4.78, 5) is 0. The van der Waals surface area contributed by atoms with Gasteiger partial charge in [0.2, 0.25) is 0 Å². The molecular formula is C20H26O. The molecule has 0 unspecified atom stereocenters. The van der Waals surface area contributed by atoms with Crippen LogP contribution in [0.4, 0.5) is 0 Å². The molecule has 0 amide bonds. The van der Waals surface area contributed by atoms with Crippen molar-refractivity contribution in [1.29, 1.82) is 0 Å². The lowest BCUT2D eigenvalue weighted by Gasteiger charge is -2.13. The van der Waals surface area contributed by atoms with Gasteiger partial charge in [-0.3, -0.25) is 0 Å². The van der Waals surface area contributed by atoms with Crippen LogP contribution in [0.2, 0.25) is 0 Å². The van der Waals surface area contributed by atoms with Gasteiger partial charge in [-0.1, -0.05) is 48.1 Å². The van der Waals surface area contributed by atoms with Crippen molar-refractivity contribution in [3.63, 3.8) is 0 Å². The fraction of sp³-hybridized carbons (Fsp3) is 0.300. The minimum atomic E-state index is 0.957. The first-order chi connectivity index (χ1) is 9.86. The Hall–Kier alpha value is -2.02. The summed E-state index contributed by atoms with van der Waals surface area (Å²) in [5.41, 5.74) is 7.24. The SMILES string of the molecule is C=C(C)/C=C/C=C(C)/C=C/c1c(C)cc(OC)c(C)c1C. The number of rotatable bonds is 5. The Bertz CT molecular complexity index is 613. The minimum absolute atomic E-state index is 0.957. The van der Waals surface area contributed by atoms with Crippen LogP contribution in [0.25, 0.3) is 6.08 Å². The first-order valence-electron chi connectivity index (χ1n) is 7.20. The quantitative estimate of drug-likeness (QED) is 0.628. The number of methoxy groups -OCH3 is 1. The van der Waals surface area contributed by atoms with Crippen molar-refractivity contribution in [1.82, 2.24) is 0 Å². The van der Waals surface area contributed by atoms with Crippen LogP contribution >= 0.6 is 0 Å². The summed E-state index contributed by atoms with van der Waals surface area (Å²) in [6, 6.07) is 2.10. The highest BCUT2D eigenvalue weighted by atomic mass is 16.5. The van der Waals surface area contributed by atoms with E-state index < -0.39 is 0 Å². The van der Waals surface area contributed by atoms with E-state index in [1.54, 1.807) is 7.11 Å². The summed E-state index contributed by atoms with van der Waals surface area (Å²) in [6.07, 6.45) is 10.4. The van der Waals surface area contributed by atoms with Crippen LogP contribution in [-0.2, 0) is 0 Å². The van der Waals surface area contributed by atoms with Crippen LogP contribution in [0.15, 0.2) is 48.1 Å². The molecule has 0 atom stereocenters. The van der Waals surface area contributed by atoms with Gasteiger partial charge < -0.3 is 4.74 Å². The van der Waals surface area contributed by atoms with E-state index in [0.29, 0.717) is 0 Å². The molecular weight excluding hydrogens is 256 g/mol. The average Bonchev–Trinajstić information content (AvgIpc) is 2.42. The summed E-state index contributed by atoms with van der Waals surface area (Å²) in [6.45, 7) is 14.3. The van der Waals surface area contributed by atoms with Gasteiger partial charge in [0.25, 0.3) is 0 Å². The predicted octanol–water partition coefficient (Wildman–Crippen LogP) is 5.71. The van der Waals surface area contributed by atoms with Crippen LogP contribution in [0.3, 0.4) is 0 Å². The van der Waals surface area contributed by atoms with Gasteiger partial charge in [-0.15, -0.1) is 0 Å². The molecule has 0 saturated heterocycles. The van der Waals surface area contributed by atoms with Crippen molar-refractivity contribution in [3.8, 4) is 5.75 Å². The first-order valence-corrected chi connectivity index (χ1v) is 7.20. The van der Waals surface area contributed by atoms with Gasteiger partial charge in [0.15, 0.2) is 0 Å². The van der Waals surface area contributed by atoms with Crippen molar-refractivity contribution in [3.05, 3.63) is 70.3 Å². The van der Waals surface area contributed by atoms with E-state index >= 15 is 0 Å². The lowest BCUT2D eigenvalue weighted by atomic mass is 9.96. The van der Waals surface area contributed by atoms with Crippen LogP contribution in [0, 0.1) is 20.8 Å². The Labute approximate surface area is 129 Å². The largest absolute Gasteiger partial charge is 0.496 e. The summed E-state index contributed by atoms with van der Waals surface area (Å²) >= 11 is 0. The Balaban J connectivity index is 3.06. The number of aryl methyl sites for hydroxylation is 1. The first kappa shape index (κ1) is 17.0. The van der Waals surface area contributed by atoms with Crippen molar-refractivity contribution in [2.24, 2.45) is 0 Å². The average molecular weight is 282 g/mol. The number of hydrogen-bond donors (Lipinski definition) is 0. The summed E-state index contributed by atoms with van der Waals surface area (Å²) in [5.74, 6) is 0.957. The fourth-order valence-electron chi connectivity index (χ4n) is 2.17. The molecule has 0 radical (unpaired) electrons. The van der Waals surface area contributed by atoms with E-state index in [9.17, 15) is 0 Å². The highest BCUT2D eigenvalue weighted by molar-refractivity contribution is 5.64.